The van der Waals surface area contributed by atoms with Gasteiger partial charge < -0.3 is 9.64 Å². The fourth-order valence-electron chi connectivity index (χ4n) is 16.0. The lowest BCUT2D eigenvalue weighted by Gasteiger charge is -2.40. The van der Waals surface area contributed by atoms with E-state index in [1.807, 2.05) is 11.8 Å². The number of nitrogens with zero attached hydrogens (tertiary/aromatic N) is 1. The summed E-state index contributed by atoms with van der Waals surface area (Å²) in [5, 5.41) is 0. The summed E-state index contributed by atoms with van der Waals surface area (Å²) >= 11 is 1.89. The largest absolute Gasteiger partial charge is 0.457 e. The van der Waals surface area contributed by atoms with E-state index in [0.717, 1.165) is 45.3 Å². The lowest BCUT2D eigenvalue weighted by molar-refractivity contribution is 0.436. The van der Waals surface area contributed by atoms with Crippen LogP contribution in [0.3, 0.4) is 0 Å². The minimum atomic E-state index is -0.653. The molecule has 2 spiro atoms. The van der Waals surface area contributed by atoms with Gasteiger partial charge in [-0.05, 0) is 149 Å². The second kappa shape index (κ2) is 17.9. The van der Waals surface area contributed by atoms with Crippen molar-refractivity contribution < 1.29 is 4.74 Å². The summed E-state index contributed by atoms with van der Waals surface area (Å²) in [5.74, 6) is 1.76. The molecule has 0 aromatic heterocycles. The lowest BCUT2D eigenvalue weighted by atomic mass is 9.66. The zero-order chi connectivity index (χ0) is 55.1. The van der Waals surface area contributed by atoms with E-state index < -0.39 is 16.2 Å². The Balaban J connectivity index is 0.921. The van der Waals surface area contributed by atoms with Crippen molar-refractivity contribution in [1.82, 2.24) is 0 Å². The zero-order valence-corrected chi connectivity index (χ0v) is 46.5. The maximum absolute atomic E-state index is 6.84. The summed E-state index contributed by atoms with van der Waals surface area (Å²) in [6.45, 7) is 0. The molecule has 0 saturated heterocycles. The van der Waals surface area contributed by atoms with Gasteiger partial charge in [0.05, 0.1) is 21.9 Å². The monoisotopic (exact) mass is 1090 g/mol. The van der Waals surface area contributed by atoms with Crippen LogP contribution >= 0.6 is 11.8 Å². The van der Waals surface area contributed by atoms with Gasteiger partial charge in [-0.1, -0.05) is 267 Å². The number of hydrogen-bond acceptors (Lipinski definition) is 3. The second-order valence-electron chi connectivity index (χ2n) is 22.9. The van der Waals surface area contributed by atoms with Crippen LogP contribution < -0.4 is 9.64 Å². The van der Waals surface area contributed by atoms with Crippen molar-refractivity contribution in [3.05, 3.63) is 376 Å². The van der Waals surface area contributed by atoms with Crippen LogP contribution in [0.1, 0.15) is 66.8 Å². The van der Waals surface area contributed by atoms with Crippen molar-refractivity contribution >= 4 is 28.8 Å². The Labute approximate surface area is 493 Å². The van der Waals surface area contributed by atoms with Crippen molar-refractivity contribution in [1.29, 1.82) is 0 Å². The van der Waals surface area contributed by atoms with Crippen LogP contribution in [-0.4, -0.2) is 0 Å². The van der Waals surface area contributed by atoms with Gasteiger partial charge in [-0.25, -0.2) is 0 Å². The van der Waals surface area contributed by atoms with Crippen molar-refractivity contribution in [2.24, 2.45) is 0 Å². The first-order valence-electron chi connectivity index (χ1n) is 29.1. The van der Waals surface area contributed by atoms with Crippen molar-refractivity contribution in [2.45, 2.75) is 26.0 Å². The van der Waals surface area contributed by atoms with Crippen LogP contribution in [0.15, 0.2) is 319 Å². The average Bonchev–Trinajstić information content (AvgIpc) is 1.78. The van der Waals surface area contributed by atoms with E-state index in [1.54, 1.807) is 0 Å². The molecule has 0 unspecified atom stereocenters. The van der Waals surface area contributed by atoms with E-state index in [9.17, 15) is 0 Å². The summed E-state index contributed by atoms with van der Waals surface area (Å²) < 4.78 is 6.84. The molecule has 13 aromatic rings. The third kappa shape index (κ3) is 6.16. The molecule has 0 fully saturated rings. The van der Waals surface area contributed by atoms with Crippen LogP contribution in [-0.2, 0) is 16.2 Å². The average molecular weight is 1090 g/mol. The van der Waals surface area contributed by atoms with E-state index in [0.29, 0.717) is 0 Å². The zero-order valence-electron chi connectivity index (χ0n) is 45.7. The molecular weight excluding hydrogens is 1030 g/mol. The molecule has 2 nitrogen and oxygen atoms in total. The Morgan fingerprint density at radius 2 is 0.690 bits per heavy atom. The topological polar surface area (TPSA) is 12.5 Å². The molecule has 3 aliphatic carbocycles. The maximum atomic E-state index is 6.84. The standard InChI is InChI=1S/C81H51NOS/c1-3-25-53(26-4-1)79(54-27-5-2-6-28-54)63-35-11-8-31-60(63)77-57(33-22-41-69(77)79)52-24-21-29-55(50-52)82(56-48-49-59-58-30-7-10-34-62(58)81(71(59)51-56)67-39-15-19-46-75(67)84-76-47-20-16-40-68(76)81)72-43-23-42-70-78(72)61-32-9-12-36-64(61)80(70)65-37-13-17-44-73(65)83-74-45-18-14-38-66(74)80/h1-51H. The third-order valence-corrected chi connectivity index (χ3v) is 20.2. The van der Waals surface area contributed by atoms with Crippen molar-refractivity contribution in [3.8, 4) is 56.0 Å². The molecular formula is C81H51NOS. The highest BCUT2D eigenvalue weighted by Crippen LogP contribution is 2.67. The minimum Gasteiger partial charge on any atom is -0.457 e. The van der Waals surface area contributed by atoms with Gasteiger partial charge in [-0.15, -0.1) is 0 Å². The maximum Gasteiger partial charge on any atom is 0.132 e. The Hall–Kier alpha value is -10.2. The van der Waals surface area contributed by atoms with Crippen LogP contribution in [0.2, 0.25) is 0 Å². The summed E-state index contributed by atoms with van der Waals surface area (Å²) in [6, 6.07) is 116. The predicted octanol–water partition coefficient (Wildman–Crippen LogP) is 20.5. The number of fused-ring (bicyclic) bond motifs is 21. The van der Waals surface area contributed by atoms with E-state index in [-0.39, 0.29) is 0 Å². The Morgan fingerprint density at radius 3 is 1.33 bits per heavy atom. The molecule has 0 saturated carbocycles. The lowest BCUT2D eigenvalue weighted by Crippen LogP contribution is -2.32. The highest BCUT2D eigenvalue weighted by molar-refractivity contribution is 7.99. The number of benzene rings is 13. The highest BCUT2D eigenvalue weighted by atomic mass is 32.2. The first kappa shape index (κ1) is 47.4. The molecule has 13 aromatic carbocycles. The molecule has 2 heterocycles. The summed E-state index contributed by atoms with van der Waals surface area (Å²) in [5.41, 5.74) is 26.4. The fraction of sp³-hybridized carbons (Fsp3) is 0.0370. The van der Waals surface area contributed by atoms with Gasteiger partial charge in [0, 0.05) is 37.9 Å². The van der Waals surface area contributed by atoms with Gasteiger partial charge in [0.15, 0.2) is 0 Å². The molecule has 5 aliphatic rings. The van der Waals surface area contributed by atoms with Gasteiger partial charge >= 0.3 is 0 Å². The molecule has 0 radical (unpaired) electrons. The van der Waals surface area contributed by atoms with Gasteiger partial charge in [0.1, 0.15) is 11.5 Å². The van der Waals surface area contributed by atoms with E-state index in [4.69, 9.17) is 4.74 Å². The van der Waals surface area contributed by atoms with Gasteiger partial charge in [-0.2, -0.15) is 0 Å². The Bertz CT molecular complexity index is 4750. The predicted molar refractivity (Wildman–Crippen MR) is 343 cm³/mol. The van der Waals surface area contributed by atoms with Gasteiger partial charge in [0.2, 0.25) is 0 Å². The van der Waals surface area contributed by atoms with E-state index >= 15 is 0 Å². The SMILES string of the molecule is c1ccc(C2(c3ccccc3)c3ccccc3-c3c(-c4cccc(N(c5ccc6c(c5)C5(c7ccccc7Sc7ccccc75)c5ccccc5-6)c5cccc6c5-c5ccccc5C65c6ccccc6Oc6ccccc65)c4)cccc32)cc1. The van der Waals surface area contributed by atoms with Crippen LogP contribution in [0.25, 0.3) is 44.5 Å². The van der Waals surface area contributed by atoms with E-state index in [2.05, 4.69) is 314 Å². The molecule has 3 heteroatoms. The Morgan fingerprint density at radius 1 is 0.262 bits per heavy atom. The number of rotatable bonds is 6. The first-order chi connectivity index (χ1) is 41.7. The quantitative estimate of drug-likeness (QED) is 0.165. The summed E-state index contributed by atoms with van der Waals surface area (Å²) in [6.07, 6.45) is 0. The normalized spacial score (nSPS) is 14.8. The molecule has 392 valence electrons. The number of ether oxygens (including phenoxy) is 1. The number of anilines is 3. The minimum absolute atomic E-state index is 0.531. The molecule has 2 aliphatic heterocycles. The summed E-state index contributed by atoms with van der Waals surface area (Å²) in [7, 11) is 0. The highest BCUT2D eigenvalue weighted by Gasteiger charge is 2.54. The number of para-hydroxylation sites is 2. The van der Waals surface area contributed by atoms with Crippen molar-refractivity contribution in [2.75, 3.05) is 4.90 Å². The Kier molecular flexibility index (Phi) is 10.1. The van der Waals surface area contributed by atoms with Gasteiger partial charge in [-0.3, -0.25) is 0 Å². The molecule has 0 atom stereocenters. The van der Waals surface area contributed by atoms with Gasteiger partial charge in [0.25, 0.3) is 0 Å². The third-order valence-electron chi connectivity index (χ3n) is 19.1. The molecule has 0 N–H and O–H groups in total. The smallest absolute Gasteiger partial charge is 0.132 e. The van der Waals surface area contributed by atoms with E-state index in [1.165, 1.54) is 104 Å². The second-order valence-corrected chi connectivity index (χ2v) is 23.9. The first-order valence-corrected chi connectivity index (χ1v) is 30.0. The van der Waals surface area contributed by atoms with Crippen LogP contribution in [0.5, 0.6) is 11.5 Å². The van der Waals surface area contributed by atoms with Crippen LogP contribution in [0.4, 0.5) is 17.1 Å². The summed E-state index contributed by atoms with van der Waals surface area (Å²) in [4.78, 5) is 5.15. The van der Waals surface area contributed by atoms with Crippen LogP contribution in [0, 0.1) is 0 Å². The molecule has 0 bridgehead atoms. The van der Waals surface area contributed by atoms with Crippen molar-refractivity contribution in [3.63, 3.8) is 0 Å². The molecule has 18 rings (SSSR count). The fourth-order valence-corrected chi connectivity index (χ4v) is 17.2. The molecule has 0 amide bonds. The molecule has 84 heavy (non-hydrogen) atoms. The number of hydrogen-bond donors (Lipinski definition) is 0.